The van der Waals surface area contributed by atoms with E-state index in [1.165, 1.54) is 23.6 Å². The Balaban J connectivity index is 2.34. The molecule has 0 unspecified atom stereocenters. The molecule has 0 aliphatic heterocycles. The Kier molecular flexibility index (Phi) is 3.52. The normalized spacial score (nSPS) is 11.6. The molecule has 0 spiro atoms. The van der Waals surface area contributed by atoms with E-state index >= 15 is 0 Å². The number of thiazole rings is 1. The molecule has 2 aromatic rings. The standard InChI is InChI=1S/C8H8BrN3O3S2/c9-7-6(3-5(4-10)15-7)17(13,14)12-8-11-1-2-16-8/h1-3H,4,10H2,(H,11,12). The van der Waals surface area contributed by atoms with Gasteiger partial charge in [-0.15, -0.1) is 11.3 Å². The average molecular weight is 338 g/mol. The summed E-state index contributed by atoms with van der Waals surface area (Å²) < 4.78 is 31.5. The van der Waals surface area contributed by atoms with Crippen LogP contribution < -0.4 is 10.5 Å². The molecule has 0 aliphatic carbocycles. The molecular formula is C8H8BrN3O3S2. The van der Waals surface area contributed by atoms with Crippen molar-refractivity contribution in [3.8, 4) is 0 Å². The molecule has 2 rings (SSSR count). The molecule has 9 heteroatoms. The summed E-state index contributed by atoms with van der Waals surface area (Å²) >= 11 is 4.23. The van der Waals surface area contributed by atoms with Gasteiger partial charge in [-0.2, -0.15) is 0 Å². The Morgan fingerprint density at radius 3 is 2.88 bits per heavy atom. The molecule has 2 heterocycles. The van der Waals surface area contributed by atoms with Gasteiger partial charge in [0.25, 0.3) is 10.0 Å². The second-order valence-corrected chi connectivity index (χ2v) is 6.26. The van der Waals surface area contributed by atoms with Crippen molar-refractivity contribution in [1.29, 1.82) is 0 Å². The summed E-state index contributed by atoms with van der Waals surface area (Å²) in [7, 11) is -3.70. The van der Waals surface area contributed by atoms with E-state index in [4.69, 9.17) is 10.2 Å². The molecule has 0 aliphatic rings. The Morgan fingerprint density at radius 1 is 1.59 bits per heavy atom. The van der Waals surface area contributed by atoms with E-state index in [-0.39, 0.29) is 16.1 Å². The van der Waals surface area contributed by atoms with Crippen molar-refractivity contribution >= 4 is 42.4 Å². The van der Waals surface area contributed by atoms with Crippen molar-refractivity contribution in [3.63, 3.8) is 0 Å². The zero-order valence-electron chi connectivity index (χ0n) is 8.38. The summed E-state index contributed by atoms with van der Waals surface area (Å²) in [4.78, 5) is 3.85. The average Bonchev–Trinajstić information content (AvgIpc) is 2.86. The van der Waals surface area contributed by atoms with Crippen LogP contribution in [0.3, 0.4) is 0 Å². The van der Waals surface area contributed by atoms with Crippen LogP contribution in [-0.4, -0.2) is 13.4 Å². The highest BCUT2D eigenvalue weighted by Gasteiger charge is 2.23. The van der Waals surface area contributed by atoms with Gasteiger partial charge in [0.05, 0.1) is 6.54 Å². The van der Waals surface area contributed by atoms with Crippen LogP contribution in [0.2, 0.25) is 0 Å². The maximum Gasteiger partial charge on any atom is 0.268 e. The Bertz CT molecular complexity index is 606. The van der Waals surface area contributed by atoms with E-state index in [1.807, 2.05) is 0 Å². The molecule has 0 fully saturated rings. The molecule has 0 saturated heterocycles. The highest BCUT2D eigenvalue weighted by molar-refractivity contribution is 9.10. The lowest BCUT2D eigenvalue weighted by Crippen LogP contribution is -2.12. The van der Waals surface area contributed by atoms with Crippen molar-refractivity contribution in [3.05, 3.63) is 28.1 Å². The second kappa shape index (κ2) is 4.77. The third kappa shape index (κ3) is 2.68. The summed E-state index contributed by atoms with van der Waals surface area (Å²) in [5.41, 5.74) is 5.37. The fourth-order valence-electron chi connectivity index (χ4n) is 1.13. The summed E-state index contributed by atoms with van der Waals surface area (Å²) in [6, 6.07) is 1.38. The first-order chi connectivity index (χ1) is 8.03. The minimum Gasteiger partial charge on any atom is -0.452 e. The first kappa shape index (κ1) is 12.6. The maximum absolute atomic E-state index is 12.0. The van der Waals surface area contributed by atoms with Crippen LogP contribution >= 0.6 is 27.3 Å². The number of rotatable bonds is 4. The molecule has 2 aromatic heterocycles. The van der Waals surface area contributed by atoms with Gasteiger partial charge in [0, 0.05) is 17.6 Å². The number of aromatic nitrogens is 1. The first-order valence-electron chi connectivity index (χ1n) is 4.43. The van der Waals surface area contributed by atoms with E-state index < -0.39 is 10.0 Å². The Hall–Kier alpha value is -0.900. The maximum atomic E-state index is 12.0. The molecule has 0 atom stereocenters. The molecule has 17 heavy (non-hydrogen) atoms. The smallest absolute Gasteiger partial charge is 0.268 e. The van der Waals surface area contributed by atoms with Crippen LogP contribution in [0.1, 0.15) is 5.76 Å². The summed E-state index contributed by atoms with van der Waals surface area (Å²) in [5, 5.41) is 1.97. The minimum atomic E-state index is -3.70. The number of anilines is 1. The summed E-state index contributed by atoms with van der Waals surface area (Å²) in [6.45, 7) is 0.130. The quantitative estimate of drug-likeness (QED) is 0.885. The number of halogens is 1. The monoisotopic (exact) mass is 337 g/mol. The van der Waals surface area contributed by atoms with Gasteiger partial charge < -0.3 is 10.2 Å². The summed E-state index contributed by atoms with van der Waals surface area (Å²) in [6.07, 6.45) is 1.51. The van der Waals surface area contributed by atoms with Crippen molar-refractivity contribution in [2.75, 3.05) is 4.72 Å². The van der Waals surface area contributed by atoms with Gasteiger partial charge in [-0.1, -0.05) is 0 Å². The SMILES string of the molecule is NCc1cc(S(=O)(=O)Nc2nccs2)c(Br)o1. The molecule has 92 valence electrons. The van der Waals surface area contributed by atoms with E-state index in [1.54, 1.807) is 5.38 Å². The molecule has 0 saturated carbocycles. The van der Waals surface area contributed by atoms with Gasteiger partial charge in [-0.25, -0.2) is 13.4 Å². The fraction of sp³-hybridized carbons (Fsp3) is 0.125. The van der Waals surface area contributed by atoms with Crippen molar-refractivity contribution in [2.45, 2.75) is 11.4 Å². The lowest BCUT2D eigenvalue weighted by atomic mass is 10.5. The molecule has 3 N–H and O–H groups in total. The molecule has 0 amide bonds. The van der Waals surface area contributed by atoms with Crippen molar-refractivity contribution in [1.82, 2.24) is 4.98 Å². The van der Waals surface area contributed by atoms with Crippen LogP contribution in [0.4, 0.5) is 5.13 Å². The van der Waals surface area contributed by atoms with Crippen molar-refractivity contribution in [2.24, 2.45) is 5.73 Å². The van der Waals surface area contributed by atoms with Gasteiger partial charge in [-0.3, -0.25) is 4.72 Å². The van der Waals surface area contributed by atoms with Crippen LogP contribution in [0.25, 0.3) is 0 Å². The largest absolute Gasteiger partial charge is 0.452 e. The Morgan fingerprint density at radius 2 is 2.35 bits per heavy atom. The molecule has 6 nitrogen and oxygen atoms in total. The lowest BCUT2D eigenvalue weighted by Gasteiger charge is -2.01. The number of nitrogens with zero attached hydrogens (tertiary/aromatic N) is 1. The van der Waals surface area contributed by atoms with Crippen LogP contribution in [0, 0.1) is 0 Å². The number of hydrogen-bond acceptors (Lipinski definition) is 6. The van der Waals surface area contributed by atoms with Crippen LogP contribution in [0.5, 0.6) is 0 Å². The van der Waals surface area contributed by atoms with E-state index in [0.717, 1.165) is 0 Å². The second-order valence-electron chi connectivity index (χ2n) is 3.00. The third-order valence-corrected chi connectivity index (χ3v) is 4.86. The topological polar surface area (TPSA) is 98.2 Å². The molecular weight excluding hydrogens is 330 g/mol. The highest BCUT2D eigenvalue weighted by Crippen LogP contribution is 2.28. The number of furan rings is 1. The van der Waals surface area contributed by atoms with E-state index in [9.17, 15) is 8.42 Å². The predicted octanol–water partition coefficient (Wildman–Crippen LogP) is 1.76. The van der Waals surface area contributed by atoms with E-state index in [0.29, 0.717) is 10.9 Å². The first-order valence-corrected chi connectivity index (χ1v) is 7.59. The van der Waals surface area contributed by atoms with Gasteiger partial charge in [0.15, 0.2) is 9.80 Å². The fourth-order valence-corrected chi connectivity index (χ4v) is 3.91. The number of nitrogens with two attached hydrogens (primary N) is 1. The molecule has 0 aromatic carbocycles. The Labute approximate surface area is 110 Å². The molecule has 0 bridgehead atoms. The highest BCUT2D eigenvalue weighted by atomic mass is 79.9. The number of sulfonamides is 1. The van der Waals surface area contributed by atoms with Crippen LogP contribution in [0.15, 0.2) is 31.6 Å². The van der Waals surface area contributed by atoms with Gasteiger partial charge in [0.2, 0.25) is 0 Å². The summed E-state index contributed by atoms with van der Waals surface area (Å²) in [5.74, 6) is 0.386. The zero-order valence-corrected chi connectivity index (χ0v) is 11.6. The predicted molar refractivity (Wildman–Crippen MR) is 67.2 cm³/mol. The molecule has 0 radical (unpaired) electrons. The van der Waals surface area contributed by atoms with E-state index in [2.05, 4.69) is 25.6 Å². The van der Waals surface area contributed by atoms with Crippen molar-refractivity contribution < 1.29 is 12.8 Å². The van der Waals surface area contributed by atoms with Gasteiger partial charge >= 0.3 is 0 Å². The zero-order chi connectivity index (χ0) is 12.5. The van der Waals surface area contributed by atoms with Crippen LogP contribution in [-0.2, 0) is 16.6 Å². The van der Waals surface area contributed by atoms with Gasteiger partial charge in [0.1, 0.15) is 10.7 Å². The number of nitrogens with one attached hydrogen (secondary N) is 1. The number of hydrogen-bond donors (Lipinski definition) is 2. The van der Waals surface area contributed by atoms with Gasteiger partial charge in [-0.05, 0) is 15.9 Å². The minimum absolute atomic E-state index is 0.00755. The third-order valence-electron chi connectivity index (χ3n) is 1.85. The lowest BCUT2D eigenvalue weighted by molar-refractivity contribution is 0.484.